The van der Waals surface area contributed by atoms with Crippen LogP contribution in [0.25, 0.3) is 0 Å². The molecule has 1 fully saturated rings. The maximum atomic E-state index is 12.8. The van der Waals surface area contributed by atoms with Crippen molar-refractivity contribution in [2.75, 3.05) is 25.0 Å². The summed E-state index contributed by atoms with van der Waals surface area (Å²) in [5, 5.41) is 13.4. The van der Waals surface area contributed by atoms with Gasteiger partial charge in [-0.2, -0.15) is 5.26 Å². The Bertz CT molecular complexity index is 677. The van der Waals surface area contributed by atoms with Crippen LogP contribution in [0.5, 0.6) is 0 Å². The van der Waals surface area contributed by atoms with Crippen LogP contribution < -0.4 is 5.32 Å². The van der Waals surface area contributed by atoms with Crippen LogP contribution in [-0.2, 0) is 22.4 Å². The molecule has 1 aromatic rings. The highest BCUT2D eigenvalue weighted by atomic mass is 32.1. The molecule has 0 bridgehead atoms. The molecular formula is C20H29N3O2S. The first-order valence-electron chi connectivity index (χ1n) is 9.85. The molecule has 26 heavy (non-hydrogen) atoms. The molecular weight excluding hydrogens is 346 g/mol. The van der Waals surface area contributed by atoms with Gasteiger partial charge in [0.1, 0.15) is 11.1 Å². The number of nitriles is 1. The molecule has 1 saturated heterocycles. The zero-order valence-corrected chi connectivity index (χ0v) is 16.7. The van der Waals surface area contributed by atoms with Gasteiger partial charge in [0.15, 0.2) is 0 Å². The number of hydrogen-bond acceptors (Lipinski definition) is 5. The number of anilines is 1. The number of aryl methyl sites for hydroxylation is 1. The number of carbonyl (C=O) groups is 1. The fourth-order valence-corrected chi connectivity index (χ4v) is 5.26. The Balaban J connectivity index is 1.69. The second-order valence-electron chi connectivity index (χ2n) is 7.26. The Morgan fingerprint density at radius 1 is 1.38 bits per heavy atom. The van der Waals surface area contributed by atoms with Crippen molar-refractivity contribution in [3.05, 3.63) is 16.0 Å². The molecule has 2 atom stereocenters. The van der Waals surface area contributed by atoms with Crippen molar-refractivity contribution in [1.82, 2.24) is 4.90 Å². The molecule has 1 amide bonds. The summed E-state index contributed by atoms with van der Waals surface area (Å²) in [6.45, 7) is 6.40. The number of ether oxygens (including phenoxy) is 1. The highest BCUT2D eigenvalue weighted by Crippen LogP contribution is 2.37. The zero-order valence-electron chi connectivity index (χ0n) is 15.8. The second kappa shape index (κ2) is 8.98. The van der Waals surface area contributed by atoms with E-state index in [1.807, 2.05) is 13.8 Å². The van der Waals surface area contributed by atoms with Crippen LogP contribution in [0.3, 0.4) is 0 Å². The molecule has 0 spiro atoms. The Kier molecular flexibility index (Phi) is 6.68. The molecule has 0 aromatic carbocycles. The van der Waals surface area contributed by atoms with Gasteiger partial charge in [-0.3, -0.25) is 9.69 Å². The van der Waals surface area contributed by atoms with Crippen molar-refractivity contribution in [1.29, 1.82) is 5.26 Å². The van der Waals surface area contributed by atoms with Crippen molar-refractivity contribution < 1.29 is 9.53 Å². The van der Waals surface area contributed by atoms with Crippen LogP contribution in [0, 0.1) is 11.3 Å². The number of piperidine rings is 1. The molecule has 2 heterocycles. The normalized spacial score (nSPS) is 22.1. The predicted molar refractivity (Wildman–Crippen MR) is 105 cm³/mol. The van der Waals surface area contributed by atoms with Gasteiger partial charge in [0.2, 0.25) is 5.91 Å². The van der Waals surface area contributed by atoms with E-state index in [1.54, 1.807) is 11.3 Å². The summed E-state index contributed by atoms with van der Waals surface area (Å²) >= 11 is 1.60. The molecule has 0 radical (unpaired) electrons. The van der Waals surface area contributed by atoms with Gasteiger partial charge in [-0.15, -0.1) is 11.3 Å². The lowest BCUT2D eigenvalue weighted by Crippen LogP contribution is -2.49. The Morgan fingerprint density at radius 2 is 2.19 bits per heavy atom. The minimum atomic E-state index is -0.216. The third-order valence-electron chi connectivity index (χ3n) is 5.51. The molecule has 2 aliphatic rings. The first-order chi connectivity index (χ1) is 12.6. The fraction of sp³-hybridized carbons (Fsp3) is 0.700. The molecule has 1 aliphatic carbocycles. The van der Waals surface area contributed by atoms with Crippen LogP contribution in [0.4, 0.5) is 5.00 Å². The average molecular weight is 376 g/mol. The van der Waals surface area contributed by atoms with Gasteiger partial charge in [0.05, 0.1) is 17.7 Å². The van der Waals surface area contributed by atoms with Crippen molar-refractivity contribution >= 4 is 22.2 Å². The number of rotatable bonds is 5. The summed E-state index contributed by atoms with van der Waals surface area (Å²) in [7, 11) is 0. The molecule has 1 N–H and O–H groups in total. The number of fused-ring (bicyclic) bond motifs is 1. The first-order valence-corrected chi connectivity index (χ1v) is 10.7. The lowest BCUT2D eigenvalue weighted by Gasteiger charge is -2.35. The van der Waals surface area contributed by atoms with E-state index in [-0.39, 0.29) is 18.1 Å². The molecule has 1 aromatic heterocycles. The van der Waals surface area contributed by atoms with Crippen molar-refractivity contribution in [3.8, 4) is 6.07 Å². The number of nitrogens with one attached hydrogen (secondary N) is 1. The Hall–Kier alpha value is -1.42. The van der Waals surface area contributed by atoms with Gasteiger partial charge in [-0.25, -0.2) is 0 Å². The van der Waals surface area contributed by atoms with Gasteiger partial charge >= 0.3 is 0 Å². The number of likely N-dealkylation sites (tertiary alicyclic amines) is 1. The largest absolute Gasteiger partial charge is 0.377 e. The highest BCUT2D eigenvalue weighted by Gasteiger charge is 2.29. The highest BCUT2D eigenvalue weighted by molar-refractivity contribution is 7.16. The van der Waals surface area contributed by atoms with Crippen molar-refractivity contribution in [2.45, 2.75) is 70.9 Å². The standard InChI is InChI=1S/C20H29N3O2S/c1-3-25-15-8-7-11-23(13-15)14(2)19(24)22-20-17(12-21)16-9-5-4-6-10-18(16)26-20/h14-15H,3-11,13H2,1-2H3,(H,22,24). The van der Waals surface area contributed by atoms with Crippen molar-refractivity contribution in [3.63, 3.8) is 0 Å². The van der Waals surface area contributed by atoms with Crippen LogP contribution in [0.15, 0.2) is 0 Å². The van der Waals surface area contributed by atoms with E-state index in [1.165, 1.54) is 23.3 Å². The quantitative estimate of drug-likeness (QED) is 0.797. The van der Waals surface area contributed by atoms with Gasteiger partial charge in [-0.1, -0.05) is 6.42 Å². The second-order valence-corrected chi connectivity index (χ2v) is 8.37. The van der Waals surface area contributed by atoms with Crippen molar-refractivity contribution in [2.24, 2.45) is 0 Å². The van der Waals surface area contributed by atoms with Crippen LogP contribution in [0.1, 0.15) is 62.0 Å². The summed E-state index contributed by atoms with van der Waals surface area (Å²) < 4.78 is 5.75. The summed E-state index contributed by atoms with van der Waals surface area (Å²) in [6.07, 6.45) is 7.86. The smallest absolute Gasteiger partial charge is 0.242 e. The average Bonchev–Trinajstić information content (AvgIpc) is 2.81. The summed E-state index contributed by atoms with van der Waals surface area (Å²) in [5.41, 5.74) is 1.87. The van der Waals surface area contributed by atoms with Gasteiger partial charge < -0.3 is 10.1 Å². The Morgan fingerprint density at radius 3 is 2.96 bits per heavy atom. The molecule has 6 heteroatoms. The van der Waals surface area contributed by atoms with Gasteiger partial charge in [0, 0.05) is 18.0 Å². The third-order valence-corrected chi connectivity index (χ3v) is 6.72. The van der Waals surface area contributed by atoms with E-state index in [9.17, 15) is 10.1 Å². The first kappa shape index (κ1) is 19.3. The molecule has 5 nitrogen and oxygen atoms in total. The van der Waals surface area contributed by atoms with E-state index in [4.69, 9.17) is 4.74 Å². The van der Waals surface area contributed by atoms with Crippen LogP contribution in [-0.4, -0.2) is 42.6 Å². The van der Waals surface area contributed by atoms with Crippen LogP contribution >= 0.6 is 11.3 Å². The summed E-state index contributed by atoms with van der Waals surface area (Å²) in [6, 6.07) is 2.13. The maximum absolute atomic E-state index is 12.8. The summed E-state index contributed by atoms with van der Waals surface area (Å²) in [5.74, 6) is -0.0185. The van der Waals surface area contributed by atoms with E-state index < -0.39 is 0 Å². The summed E-state index contributed by atoms with van der Waals surface area (Å²) in [4.78, 5) is 16.3. The van der Waals surface area contributed by atoms with E-state index in [0.29, 0.717) is 12.2 Å². The monoisotopic (exact) mass is 375 g/mol. The molecule has 1 aliphatic heterocycles. The lowest BCUT2D eigenvalue weighted by atomic mass is 10.1. The number of amides is 1. The van der Waals surface area contributed by atoms with E-state index >= 15 is 0 Å². The lowest BCUT2D eigenvalue weighted by molar-refractivity contribution is -0.122. The van der Waals surface area contributed by atoms with Gasteiger partial charge in [0.25, 0.3) is 0 Å². The molecule has 3 rings (SSSR count). The van der Waals surface area contributed by atoms with Crippen LogP contribution in [0.2, 0.25) is 0 Å². The molecule has 142 valence electrons. The zero-order chi connectivity index (χ0) is 18.5. The number of nitrogens with zero attached hydrogens (tertiary/aromatic N) is 2. The minimum Gasteiger partial charge on any atom is -0.377 e. The number of carbonyl (C=O) groups excluding carboxylic acids is 1. The fourth-order valence-electron chi connectivity index (χ4n) is 4.02. The third kappa shape index (κ3) is 4.28. The topological polar surface area (TPSA) is 65.4 Å². The number of hydrogen-bond donors (Lipinski definition) is 1. The minimum absolute atomic E-state index is 0.0185. The van der Waals surface area contributed by atoms with E-state index in [0.717, 1.165) is 50.2 Å². The predicted octanol–water partition coefficient (Wildman–Crippen LogP) is 3.72. The molecule has 2 unspecified atom stereocenters. The van der Waals surface area contributed by atoms with E-state index in [2.05, 4.69) is 16.3 Å². The van der Waals surface area contributed by atoms with Gasteiger partial charge in [-0.05, 0) is 64.5 Å². The SMILES string of the molecule is CCOC1CCCN(C(C)C(=O)Nc2sc3c(c2C#N)CCCCC3)C1. The molecule has 0 saturated carbocycles. The Labute approximate surface area is 160 Å². The maximum Gasteiger partial charge on any atom is 0.242 e. The number of thiophene rings is 1.